The van der Waals surface area contributed by atoms with Crippen LogP contribution in [0.5, 0.6) is 5.75 Å². The predicted molar refractivity (Wildman–Crippen MR) is 111 cm³/mol. The normalized spacial score (nSPS) is 12.1. The lowest BCUT2D eigenvalue weighted by molar-refractivity contribution is 0.340. The van der Waals surface area contributed by atoms with E-state index in [1.165, 1.54) is 17.8 Å². The SMILES string of the molecule is CCOc1ccc(-c2nnc(SC(C)c3nnc(C)o3)n2-c2ccccc2F)cc1. The maximum atomic E-state index is 14.7. The Balaban J connectivity index is 1.76. The molecule has 2 aromatic carbocycles. The number of rotatable bonds is 7. The molecule has 4 aromatic rings. The van der Waals surface area contributed by atoms with Gasteiger partial charge in [-0.2, -0.15) is 0 Å². The molecule has 4 rings (SSSR count). The zero-order chi connectivity index (χ0) is 21.1. The van der Waals surface area contributed by atoms with Gasteiger partial charge in [-0.25, -0.2) is 4.39 Å². The highest BCUT2D eigenvalue weighted by atomic mass is 32.2. The van der Waals surface area contributed by atoms with E-state index in [0.29, 0.717) is 35.1 Å². The van der Waals surface area contributed by atoms with E-state index in [2.05, 4.69) is 20.4 Å². The second kappa shape index (κ2) is 8.66. The van der Waals surface area contributed by atoms with Gasteiger partial charge in [0.25, 0.3) is 0 Å². The highest BCUT2D eigenvalue weighted by Gasteiger charge is 2.23. The van der Waals surface area contributed by atoms with E-state index < -0.39 is 0 Å². The van der Waals surface area contributed by atoms with Crippen molar-refractivity contribution in [2.45, 2.75) is 31.2 Å². The van der Waals surface area contributed by atoms with Crippen molar-refractivity contribution in [3.05, 3.63) is 66.1 Å². The Kier molecular flexibility index (Phi) is 5.80. The molecule has 1 unspecified atom stereocenters. The van der Waals surface area contributed by atoms with Crippen molar-refractivity contribution in [2.75, 3.05) is 6.61 Å². The monoisotopic (exact) mass is 425 g/mol. The number of ether oxygens (including phenoxy) is 1. The lowest BCUT2D eigenvalue weighted by atomic mass is 10.2. The fourth-order valence-electron chi connectivity index (χ4n) is 2.94. The van der Waals surface area contributed by atoms with E-state index in [-0.39, 0.29) is 11.1 Å². The van der Waals surface area contributed by atoms with E-state index in [1.807, 2.05) is 38.1 Å². The molecule has 0 saturated carbocycles. The minimum Gasteiger partial charge on any atom is -0.494 e. The first-order valence-corrected chi connectivity index (χ1v) is 10.3. The highest BCUT2D eigenvalue weighted by molar-refractivity contribution is 7.99. The van der Waals surface area contributed by atoms with Gasteiger partial charge < -0.3 is 9.15 Å². The summed E-state index contributed by atoms with van der Waals surface area (Å²) in [4.78, 5) is 0. The van der Waals surface area contributed by atoms with Gasteiger partial charge in [-0.1, -0.05) is 23.9 Å². The quantitative estimate of drug-likeness (QED) is 0.385. The number of benzene rings is 2. The van der Waals surface area contributed by atoms with Crippen LogP contribution in [0.3, 0.4) is 0 Å². The minimum atomic E-state index is -0.368. The molecular weight excluding hydrogens is 405 g/mol. The summed E-state index contributed by atoms with van der Waals surface area (Å²) in [6, 6.07) is 14.0. The maximum absolute atomic E-state index is 14.7. The molecule has 0 spiro atoms. The van der Waals surface area contributed by atoms with Crippen molar-refractivity contribution in [1.82, 2.24) is 25.0 Å². The van der Waals surface area contributed by atoms with Crippen molar-refractivity contribution >= 4 is 11.8 Å². The van der Waals surface area contributed by atoms with Crippen molar-refractivity contribution in [3.8, 4) is 22.8 Å². The average molecular weight is 425 g/mol. The molecule has 0 saturated heterocycles. The van der Waals surface area contributed by atoms with Crippen LogP contribution in [-0.2, 0) is 0 Å². The molecule has 7 nitrogen and oxygen atoms in total. The molecule has 1 atom stereocenters. The second-order valence-corrected chi connectivity index (χ2v) is 7.78. The van der Waals surface area contributed by atoms with Crippen LogP contribution in [0.15, 0.2) is 58.1 Å². The number of thioether (sulfide) groups is 1. The summed E-state index contributed by atoms with van der Waals surface area (Å²) in [5.41, 5.74) is 1.16. The first-order chi connectivity index (χ1) is 14.6. The maximum Gasteiger partial charge on any atom is 0.229 e. The van der Waals surface area contributed by atoms with Crippen molar-refractivity contribution in [1.29, 1.82) is 0 Å². The van der Waals surface area contributed by atoms with Crippen molar-refractivity contribution in [2.24, 2.45) is 0 Å². The van der Waals surface area contributed by atoms with Crippen LogP contribution in [0.4, 0.5) is 4.39 Å². The number of para-hydroxylation sites is 1. The molecule has 154 valence electrons. The minimum absolute atomic E-state index is 0.186. The zero-order valence-corrected chi connectivity index (χ0v) is 17.6. The molecule has 0 bridgehead atoms. The third-order valence-corrected chi connectivity index (χ3v) is 5.35. The molecule has 2 heterocycles. The molecule has 9 heteroatoms. The number of hydrogen-bond acceptors (Lipinski definition) is 7. The van der Waals surface area contributed by atoms with Crippen LogP contribution < -0.4 is 4.74 Å². The molecule has 0 N–H and O–H groups in total. The Morgan fingerprint density at radius 1 is 1.07 bits per heavy atom. The standard InChI is InChI=1S/C21H20FN5O2S/c1-4-28-16-11-9-15(10-12-16)19-24-26-21(27(19)18-8-6-5-7-17(18)22)30-13(2)20-25-23-14(3)29-20/h5-13H,4H2,1-3H3. The summed E-state index contributed by atoms with van der Waals surface area (Å²) in [5.74, 6) is 1.88. The Morgan fingerprint density at radius 2 is 1.83 bits per heavy atom. The van der Waals surface area contributed by atoms with Gasteiger partial charge in [0.15, 0.2) is 11.0 Å². The van der Waals surface area contributed by atoms with Gasteiger partial charge in [0.2, 0.25) is 11.8 Å². The van der Waals surface area contributed by atoms with Crippen LogP contribution in [0.2, 0.25) is 0 Å². The van der Waals surface area contributed by atoms with Crippen LogP contribution in [0.25, 0.3) is 17.1 Å². The van der Waals surface area contributed by atoms with Gasteiger partial charge in [0, 0.05) is 12.5 Å². The summed E-state index contributed by atoms with van der Waals surface area (Å²) in [6.07, 6.45) is 0. The van der Waals surface area contributed by atoms with E-state index in [1.54, 1.807) is 29.7 Å². The van der Waals surface area contributed by atoms with E-state index >= 15 is 0 Å². The first-order valence-electron chi connectivity index (χ1n) is 9.47. The average Bonchev–Trinajstić information content (AvgIpc) is 3.36. The number of halogens is 1. The van der Waals surface area contributed by atoms with Gasteiger partial charge in [-0.15, -0.1) is 20.4 Å². The second-order valence-electron chi connectivity index (χ2n) is 6.47. The van der Waals surface area contributed by atoms with E-state index in [0.717, 1.165) is 11.3 Å². The summed E-state index contributed by atoms with van der Waals surface area (Å²) in [5, 5.41) is 17.0. The lowest BCUT2D eigenvalue weighted by Gasteiger charge is -2.13. The Labute approximate surface area is 177 Å². The third kappa shape index (κ3) is 4.06. The molecule has 0 aliphatic heterocycles. The van der Waals surface area contributed by atoms with Gasteiger partial charge in [0.1, 0.15) is 11.6 Å². The van der Waals surface area contributed by atoms with Gasteiger partial charge in [0.05, 0.1) is 17.5 Å². The van der Waals surface area contributed by atoms with Crippen LogP contribution >= 0.6 is 11.8 Å². The number of nitrogens with zero attached hydrogens (tertiary/aromatic N) is 5. The topological polar surface area (TPSA) is 78.9 Å². The predicted octanol–water partition coefficient (Wildman–Crippen LogP) is 5.02. The van der Waals surface area contributed by atoms with Crippen LogP contribution in [0, 0.1) is 12.7 Å². The smallest absolute Gasteiger partial charge is 0.229 e. The number of hydrogen-bond donors (Lipinski definition) is 0. The third-order valence-electron chi connectivity index (χ3n) is 4.32. The van der Waals surface area contributed by atoms with Crippen LogP contribution in [-0.4, -0.2) is 31.6 Å². The van der Waals surface area contributed by atoms with Gasteiger partial charge in [-0.05, 0) is 50.2 Å². The van der Waals surface area contributed by atoms with Gasteiger partial charge in [-0.3, -0.25) is 4.57 Å². The largest absolute Gasteiger partial charge is 0.494 e. The molecule has 0 fully saturated rings. The summed E-state index contributed by atoms with van der Waals surface area (Å²) < 4.78 is 27.4. The molecule has 0 aliphatic rings. The Hall–Kier alpha value is -3.20. The Morgan fingerprint density at radius 3 is 2.50 bits per heavy atom. The summed E-state index contributed by atoms with van der Waals surface area (Å²) in [6.45, 7) is 6.17. The molecule has 0 amide bonds. The van der Waals surface area contributed by atoms with E-state index in [4.69, 9.17) is 9.15 Å². The molecular formula is C21H20FN5O2S. The first kappa shape index (κ1) is 20.1. The molecule has 30 heavy (non-hydrogen) atoms. The number of aromatic nitrogens is 5. The van der Waals surface area contributed by atoms with E-state index in [9.17, 15) is 4.39 Å². The molecule has 0 aliphatic carbocycles. The van der Waals surface area contributed by atoms with Crippen molar-refractivity contribution < 1.29 is 13.5 Å². The number of aryl methyl sites for hydroxylation is 1. The molecule has 2 aromatic heterocycles. The van der Waals surface area contributed by atoms with Gasteiger partial charge >= 0.3 is 0 Å². The Bertz CT molecular complexity index is 1140. The summed E-state index contributed by atoms with van der Waals surface area (Å²) in [7, 11) is 0. The van der Waals surface area contributed by atoms with Crippen molar-refractivity contribution in [3.63, 3.8) is 0 Å². The molecule has 0 radical (unpaired) electrons. The fourth-order valence-corrected chi connectivity index (χ4v) is 3.83. The zero-order valence-electron chi connectivity index (χ0n) is 16.7. The highest BCUT2D eigenvalue weighted by Crippen LogP contribution is 2.37. The summed E-state index contributed by atoms with van der Waals surface area (Å²) >= 11 is 1.37. The van der Waals surface area contributed by atoms with Crippen LogP contribution in [0.1, 0.15) is 30.9 Å². The fraction of sp³-hybridized carbons (Fsp3) is 0.238. The lowest BCUT2D eigenvalue weighted by Crippen LogP contribution is -2.03.